The molecule has 5 aliphatic rings. The summed E-state index contributed by atoms with van der Waals surface area (Å²) in [5.41, 5.74) is 4.91. The maximum Gasteiger partial charge on any atom is 1.00 e. The van der Waals surface area contributed by atoms with Gasteiger partial charge in [0.2, 0.25) is 0 Å². The van der Waals surface area contributed by atoms with Gasteiger partial charge in [-0.3, -0.25) is 9.78 Å². The Morgan fingerprint density at radius 3 is 1.53 bits per heavy atom. The van der Waals surface area contributed by atoms with Gasteiger partial charge in [-0.15, -0.1) is 0 Å². The van der Waals surface area contributed by atoms with Gasteiger partial charge in [0, 0.05) is 49.7 Å². The fourth-order valence-corrected chi connectivity index (χ4v) is 7.99. The number of carbonyl (C=O) groups excluding carboxylic acids is 3. The van der Waals surface area contributed by atoms with E-state index in [0.717, 1.165) is 44.5 Å². The van der Waals surface area contributed by atoms with Crippen LogP contribution in [0.1, 0.15) is 151 Å². The first-order valence-corrected chi connectivity index (χ1v) is 25.0. The summed E-state index contributed by atoms with van der Waals surface area (Å²) in [5, 5.41) is 29.3. The van der Waals surface area contributed by atoms with Crippen molar-refractivity contribution in [3.8, 4) is 0 Å². The van der Waals surface area contributed by atoms with Gasteiger partial charge in [-0.2, -0.15) is 0 Å². The Labute approximate surface area is 533 Å². The molecule has 2 amide bonds. The summed E-state index contributed by atoms with van der Waals surface area (Å²) in [6, 6.07) is 3.85. The van der Waals surface area contributed by atoms with Crippen molar-refractivity contribution in [2.24, 2.45) is 0 Å². The summed E-state index contributed by atoms with van der Waals surface area (Å²) in [6.07, 6.45) is 6.04. The van der Waals surface area contributed by atoms with E-state index >= 15 is 0 Å². The third-order valence-electron chi connectivity index (χ3n) is 12.2. The number of hydrogen-bond donors (Lipinski definition) is 2. The van der Waals surface area contributed by atoms with Gasteiger partial charge in [0.05, 0.1) is 30.1 Å². The number of pyridine rings is 2. The molecule has 0 aliphatic carbocycles. The Hall–Kier alpha value is -0.752. The molecule has 2 aromatic rings. The molecule has 74 heavy (non-hydrogen) atoms. The Morgan fingerprint density at radius 2 is 1.19 bits per heavy atom. The first-order valence-electron chi connectivity index (χ1n) is 24.2. The van der Waals surface area contributed by atoms with Crippen molar-refractivity contribution in [2.75, 3.05) is 39.4 Å². The van der Waals surface area contributed by atoms with E-state index in [1.54, 1.807) is 22.2 Å². The molecular formula is C51H78BBrK2N4O15. The van der Waals surface area contributed by atoms with Crippen molar-refractivity contribution in [1.29, 1.82) is 0 Å². The molecule has 7 rings (SSSR count). The Balaban J connectivity index is 0.000000548. The van der Waals surface area contributed by atoms with Crippen molar-refractivity contribution in [3.63, 3.8) is 0 Å². The Morgan fingerprint density at radius 1 is 0.770 bits per heavy atom. The predicted molar refractivity (Wildman–Crippen MR) is 271 cm³/mol. The van der Waals surface area contributed by atoms with Gasteiger partial charge in [0.1, 0.15) is 40.2 Å². The number of aliphatic hydroxyl groups excluding tert-OH is 2. The van der Waals surface area contributed by atoms with Gasteiger partial charge >= 0.3 is 122 Å². The summed E-state index contributed by atoms with van der Waals surface area (Å²) >= 11 is 3.33. The van der Waals surface area contributed by atoms with Crippen LogP contribution in [0.2, 0.25) is 0 Å². The number of hydrogen-bond acceptors (Lipinski definition) is 17. The number of amides is 2. The number of nitrogens with zero attached hydrogens (tertiary/aromatic N) is 4. The molecule has 0 saturated carbocycles. The molecule has 5 aliphatic heterocycles. The zero-order valence-corrected chi connectivity index (χ0v) is 54.8. The molecule has 4 atom stereocenters. The number of halogens is 1. The van der Waals surface area contributed by atoms with Crippen LogP contribution in [0.25, 0.3) is 5.57 Å². The maximum absolute atomic E-state index is 12.2. The normalized spacial score (nSPS) is 22.2. The van der Waals surface area contributed by atoms with E-state index in [-0.39, 0.29) is 147 Å². The topological polar surface area (TPSA) is 230 Å². The van der Waals surface area contributed by atoms with E-state index in [0.29, 0.717) is 51.4 Å². The van der Waals surface area contributed by atoms with Crippen LogP contribution in [-0.2, 0) is 47.4 Å². The molecule has 19 nitrogen and oxygen atoms in total. The van der Waals surface area contributed by atoms with Gasteiger partial charge in [-0.1, -0.05) is 12.2 Å². The van der Waals surface area contributed by atoms with Gasteiger partial charge in [-0.25, -0.2) is 14.6 Å². The molecule has 0 radical (unpaired) electrons. The number of rotatable bonds is 7. The van der Waals surface area contributed by atoms with Crippen LogP contribution >= 0.6 is 15.9 Å². The van der Waals surface area contributed by atoms with E-state index in [9.17, 15) is 19.8 Å². The van der Waals surface area contributed by atoms with Crippen LogP contribution < -0.4 is 108 Å². The van der Waals surface area contributed by atoms with Crippen LogP contribution in [0.5, 0.6) is 0 Å². The minimum atomic E-state index is -0.792. The summed E-state index contributed by atoms with van der Waals surface area (Å²) in [7, 11) is -0.314. The van der Waals surface area contributed by atoms with Crippen molar-refractivity contribution in [3.05, 3.63) is 74.7 Å². The zero-order valence-electron chi connectivity index (χ0n) is 48.0. The van der Waals surface area contributed by atoms with Crippen molar-refractivity contribution in [2.45, 2.75) is 182 Å². The smallest absolute Gasteiger partial charge is 1.00 e. The van der Waals surface area contributed by atoms with E-state index in [2.05, 4.69) is 30.8 Å². The Kier molecular flexibility index (Phi) is 27.3. The molecule has 7 heterocycles. The van der Waals surface area contributed by atoms with Crippen molar-refractivity contribution >= 4 is 47.3 Å². The number of ether oxygens (including phenoxy) is 6. The largest absolute Gasteiger partial charge is 1.00 e. The second kappa shape index (κ2) is 29.1. The zero-order chi connectivity index (χ0) is 54.2. The van der Waals surface area contributed by atoms with Gasteiger partial charge < -0.3 is 69.3 Å². The number of aromatic nitrogens is 2. The van der Waals surface area contributed by atoms with Crippen molar-refractivity contribution < 1.29 is 177 Å². The minimum Gasteiger partial charge on any atom is -1.00 e. The molecule has 2 aromatic heterocycles. The average molecular weight is 1160 g/mol. The van der Waals surface area contributed by atoms with Crippen LogP contribution in [0.15, 0.2) is 46.8 Å². The fraction of sp³-hybridized carbons (Fsp3) is 0.667. The monoisotopic (exact) mass is 1150 g/mol. The molecule has 0 unspecified atom stereocenters. The number of aliphatic hydroxyl groups is 2. The van der Waals surface area contributed by atoms with Crippen LogP contribution in [-0.4, -0.2) is 141 Å². The first kappa shape index (κ1) is 69.4. The quantitative estimate of drug-likeness (QED) is 0.132. The molecule has 3 fully saturated rings. The van der Waals surface area contributed by atoms with E-state index in [4.69, 9.17) is 47.8 Å². The summed E-state index contributed by atoms with van der Waals surface area (Å²) < 4.78 is 46.1. The number of carbonyl (C=O) groups is 3. The van der Waals surface area contributed by atoms with Gasteiger partial charge in [0.15, 0.2) is 11.6 Å². The average Bonchev–Trinajstić information content (AvgIpc) is 3.92. The third kappa shape index (κ3) is 21.0. The summed E-state index contributed by atoms with van der Waals surface area (Å²) in [6.45, 7) is 33.5. The Bertz CT molecular complexity index is 2250. The molecular weight excluding hydrogens is 1080 g/mol. The molecule has 0 aromatic carbocycles. The van der Waals surface area contributed by atoms with E-state index in [1.807, 2.05) is 135 Å². The number of aryl methyl sites for hydroxylation is 2. The third-order valence-corrected chi connectivity index (χ3v) is 13.1. The first-order chi connectivity index (χ1) is 33.2. The molecule has 0 bridgehead atoms. The predicted octanol–water partition coefficient (Wildman–Crippen LogP) is 1.68. The fourth-order valence-electron chi connectivity index (χ4n) is 7.77. The molecule has 2 N–H and O–H groups in total. The van der Waals surface area contributed by atoms with Crippen LogP contribution in [0.3, 0.4) is 0 Å². The van der Waals surface area contributed by atoms with Crippen molar-refractivity contribution in [1.82, 2.24) is 19.8 Å². The van der Waals surface area contributed by atoms with Crippen LogP contribution in [0.4, 0.5) is 9.59 Å². The molecule has 3 saturated heterocycles. The summed E-state index contributed by atoms with van der Waals surface area (Å²) in [4.78, 5) is 47.7. The van der Waals surface area contributed by atoms with Crippen LogP contribution in [0, 0.1) is 13.8 Å². The van der Waals surface area contributed by atoms with Gasteiger partial charge in [-0.05, 0) is 174 Å². The SMILES string of the molecule is CC(C)(C)OC(=O)N1CC=C(B2OC(C)(C)C(C)(C)O2)CC1.Cc1cc([C@H](O)[C@@H]2COC(C)(C)O2)cnc1Br.Cc1cc([C@H](O)[C@@H]2COC(C)(C)O2)cnc1C1=CCN(C(=O)OC(C)(C)C)CC1.O=CO[O-].[H-].[K+].[K+]. The van der Waals surface area contributed by atoms with E-state index in [1.165, 1.54) is 0 Å². The van der Waals surface area contributed by atoms with E-state index < -0.39 is 41.1 Å². The van der Waals surface area contributed by atoms with Gasteiger partial charge in [0.25, 0.3) is 6.47 Å². The standard InChI is InChI=1S/C22H32N2O5.C16H28BNO4.C12H16BrNO3.CH2O3.2K.H/c1-14-11-16(19(25)17-13-27-22(5,6)28-17)12-23-18(14)15-7-9-24(10-8-15)20(26)29-21(2,3)4;1-14(2,3)20-13(19)18-10-8-12(9-11-18)17-21-15(4,5)16(6,7)22-17;1-7-4-8(5-14-11(7)13)10(15)9-6-16-12(2,3)17-9;2-1-4-3;;;/h7,11-12,17,19,25H,8-10,13H2,1-6H3;8H,9-11H2,1-7H3;4-5,9-10,15H,6H2,1-3H3;1,3H;;;/q;;;;2*+1;-1/p-1/t17-,19-;;9-,10-;;;;/m0.0..../s1. The maximum atomic E-state index is 12.2. The molecule has 23 heteroatoms. The second-order valence-electron chi connectivity index (χ2n) is 22.1. The molecule has 0 spiro atoms. The minimum absolute atomic E-state index is 0. The summed E-state index contributed by atoms with van der Waals surface area (Å²) in [5.74, 6) is -1.30. The second-order valence-corrected chi connectivity index (χ2v) is 22.8. The molecule has 404 valence electrons.